The second-order valence-electron chi connectivity index (χ2n) is 4.83. The van der Waals surface area contributed by atoms with Gasteiger partial charge in [0.25, 0.3) is 0 Å². The van der Waals surface area contributed by atoms with Crippen LogP contribution in [-0.2, 0) is 0 Å². The highest BCUT2D eigenvalue weighted by Crippen LogP contribution is 1.81. The van der Waals surface area contributed by atoms with Gasteiger partial charge in [0.2, 0.25) is 0 Å². The maximum atomic E-state index is 8.55. The first kappa shape index (κ1) is 20.1. The fourth-order valence-electron chi connectivity index (χ4n) is 1.11. The predicted octanol–water partition coefficient (Wildman–Crippen LogP) is -0.370. The van der Waals surface area contributed by atoms with Crippen molar-refractivity contribution in [3.05, 3.63) is 0 Å². The number of aliphatic hydroxyl groups is 1. The number of hydrogen-bond acceptors (Lipinski definition) is 5. The van der Waals surface area contributed by atoms with Crippen molar-refractivity contribution in [1.82, 2.24) is 20.0 Å². The van der Waals surface area contributed by atoms with Crippen LogP contribution in [0.1, 0.15) is 6.92 Å². The minimum Gasteiger partial charge on any atom is -0.395 e. The summed E-state index contributed by atoms with van der Waals surface area (Å²) in [6, 6.07) is 0. The number of nitrogens with one attached hydrogen (secondary N) is 1. The summed E-state index contributed by atoms with van der Waals surface area (Å²) in [7, 11) is 10.2. The molecule has 0 aliphatic carbocycles. The lowest BCUT2D eigenvalue weighted by molar-refractivity contribution is 0.209. The van der Waals surface area contributed by atoms with Crippen LogP contribution in [0.4, 0.5) is 0 Å². The summed E-state index contributed by atoms with van der Waals surface area (Å²) in [5.41, 5.74) is 0. The van der Waals surface area contributed by atoms with E-state index in [2.05, 4.69) is 34.0 Å². The highest BCUT2D eigenvalue weighted by Gasteiger charge is 1.96. The highest BCUT2D eigenvalue weighted by atomic mass is 16.3. The number of hydrogen-bond donors (Lipinski definition) is 2. The van der Waals surface area contributed by atoms with Crippen LogP contribution in [-0.4, -0.2) is 101 Å². The van der Waals surface area contributed by atoms with Gasteiger partial charge < -0.3 is 25.1 Å². The number of nitrogens with zero attached hydrogens (tertiary/aromatic N) is 3. The molecule has 18 heavy (non-hydrogen) atoms. The zero-order valence-electron chi connectivity index (χ0n) is 13.2. The maximum Gasteiger partial charge on any atom is 0.0558 e. The second kappa shape index (κ2) is 14.9. The fourth-order valence-corrected chi connectivity index (χ4v) is 1.11. The number of rotatable bonds is 9. The van der Waals surface area contributed by atoms with Gasteiger partial charge in [-0.15, -0.1) is 0 Å². The van der Waals surface area contributed by atoms with E-state index in [1.807, 2.05) is 28.2 Å². The number of aliphatic hydroxyl groups excluding tert-OH is 1. The van der Waals surface area contributed by atoms with E-state index in [4.69, 9.17) is 5.11 Å². The van der Waals surface area contributed by atoms with Crippen molar-refractivity contribution in [3.63, 3.8) is 0 Å². The van der Waals surface area contributed by atoms with Crippen molar-refractivity contribution in [1.29, 1.82) is 0 Å². The molecule has 0 atom stereocenters. The molecule has 0 amide bonds. The minimum atomic E-state index is 0.254. The quantitative estimate of drug-likeness (QED) is 0.593. The molecular formula is C13H34N4O. The molecule has 0 heterocycles. The molecule has 5 heteroatoms. The Bertz CT molecular complexity index is 156. The summed E-state index contributed by atoms with van der Waals surface area (Å²) in [6.45, 7) is 8.64. The Kier molecular flexibility index (Phi) is 16.6. The molecule has 112 valence electrons. The van der Waals surface area contributed by atoms with Crippen molar-refractivity contribution >= 4 is 0 Å². The van der Waals surface area contributed by atoms with Crippen molar-refractivity contribution < 1.29 is 5.11 Å². The SMILES string of the molecule is CCN(C)CCNC.CN(C)CCN(C)CCO. The molecule has 0 unspecified atom stereocenters. The predicted molar refractivity (Wildman–Crippen MR) is 80.2 cm³/mol. The van der Waals surface area contributed by atoms with Crippen molar-refractivity contribution in [3.8, 4) is 0 Å². The summed E-state index contributed by atoms with van der Waals surface area (Å²) in [5.74, 6) is 0. The molecule has 5 nitrogen and oxygen atoms in total. The zero-order chi connectivity index (χ0) is 14.4. The molecule has 0 fully saturated rings. The summed E-state index contributed by atoms with van der Waals surface area (Å²) >= 11 is 0. The Hall–Kier alpha value is -0.200. The summed E-state index contributed by atoms with van der Waals surface area (Å²) in [5, 5.41) is 11.6. The van der Waals surface area contributed by atoms with Crippen molar-refractivity contribution in [2.75, 3.05) is 81.1 Å². The van der Waals surface area contributed by atoms with Gasteiger partial charge in [-0.25, -0.2) is 0 Å². The average Bonchev–Trinajstić information content (AvgIpc) is 2.34. The summed E-state index contributed by atoms with van der Waals surface area (Å²) in [4.78, 5) is 6.52. The third kappa shape index (κ3) is 18.2. The van der Waals surface area contributed by atoms with Crippen LogP contribution >= 0.6 is 0 Å². The Balaban J connectivity index is 0. The molecule has 0 aromatic carbocycles. The largest absolute Gasteiger partial charge is 0.395 e. The molecule has 0 saturated carbocycles. The molecule has 2 N–H and O–H groups in total. The fraction of sp³-hybridized carbons (Fsp3) is 1.00. The van der Waals surface area contributed by atoms with Gasteiger partial charge in [-0.2, -0.15) is 0 Å². The molecule has 0 radical (unpaired) electrons. The third-order valence-corrected chi connectivity index (χ3v) is 2.69. The smallest absolute Gasteiger partial charge is 0.0558 e. The standard InChI is InChI=1S/C7H18N2O.C6H16N2/c1-8(2)4-5-9(3)6-7-10;1-4-8(3)6-5-7-2/h10H,4-7H2,1-3H3;7H,4-6H2,1-3H3. The Labute approximate surface area is 114 Å². The average molecular weight is 262 g/mol. The first-order valence-electron chi connectivity index (χ1n) is 6.75. The lowest BCUT2D eigenvalue weighted by atomic mass is 10.5. The van der Waals surface area contributed by atoms with Crippen LogP contribution in [0.2, 0.25) is 0 Å². The normalized spacial score (nSPS) is 11.0. The van der Waals surface area contributed by atoms with Crippen molar-refractivity contribution in [2.24, 2.45) is 0 Å². The highest BCUT2D eigenvalue weighted by molar-refractivity contribution is 4.52. The van der Waals surface area contributed by atoms with E-state index >= 15 is 0 Å². The van der Waals surface area contributed by atoms with E-state index in [1.54, 1.807) is 0 Å². The van der Waals surface area contributed by atoms with Crippen LogP contribution < -0.4 is 5.32 Å². The molecular weight excluding hydrogens is 228 g/mol. The Morgan fingerprint density at radius 3 is 1.89 bits per heavy atom. The van der Waals surface area contributed by atoms with E-state index < -0.39 is 0 Å². The van der Waals surface area contributed by atoms with Gasteiger partial charge in [0.15, 0.2) is 0 Å². The van der Waals surface area contributed by atoms with Crippen LogP contribution in [0.15, 0.2) is 0 Å². The van der Waals surface area contributed by atoms with E-state index in [9.17, 15) is 0 Å². The molecule has 0 spiro atoms. The molecule has 0 saturated heterocycles. The van der Waals surface area contributed by atoms with Gasteiger partial charge in [-0.1, -0.05) is 6.92 Å². The topological polar surface area (TPSA) is 42.0 Å². The lowest BCUT2D eigenvalue weighted by Gasteiger charge is -2.17. The van der Waals surface area contributed by atoms with Gasteiger partial charge in [0.1, 0.15) is 0 Å². The summed E-state index contributed by atoms with van der Waals surface area (Å²) in [6.07, 6.45) is 0. The molecule has 0 aromatic heterocycles. The lowest BCUT2D eigenvalue weighted by Crippen LogP contribution is -2.30. The van der Waals surface area contributed by atoms with Crippen LogP contribution in [0.5, 0.6) is 0 Å². The minimum absolute atomic E-state index is 0.254. The molecule has 0 aromatic rings. The molecule has 0 aliphatic rings. The van der Waals surface area contributed by atoms with Crippen LogP contribution in [0.3, 0.4) is 0 Å². The second-order valence-corrected chi connectivity index (χ2v) is 4.83. The zero-order valence-corrected chi connectivity index (χ0v) is 13.2. The van der Waals surface area contributed by atoms with E-state index in [0.29, 0.717) is 0 Å². The summed E-state index contributed by atoms with van der Waals surface area (Å²) < 4.78 is 0. The van der Waals surface area contributed by atoms with E-state index in [0.717, 1.165) is 39.3 Å². The van der Waals surface area contributed by atoms with E-state index in [-0.39, 0.29) is 6.61 Å². The monoisotopic (exact) mass is 262 g/mol. The van der Waals surface area contributed by atoms with Gasteiger partial charge in [-0.3, -0.25) is 0 Å². The first-order valence-corrected chi connectivity index (χ1v) is 6.75. The van der Waals surface area contributed by atoms with Gasteiger partial charge in [0, 0.05) is 32.7 Å². The van der Waals surface area contributed by atoms with Gasteiger partial charge in [-0.05, 0) is 41.8 Å². The Morgan fingerprint density at radius 2 is 1.50 bits per heavy atom. The van der Waals surface area contributed by atoms with Crippen LogP contribution in [0.25, 0.3) is 0 Å². The van der Waals surface area contributed by atoms with E-state index in [1.165, 1.54) is 0 Å². The molecule has 0 rings (SSSR count). The van der Waals surface area contributed by atoms with Crippen LogP contribution in [0, 0.1) is 0 Å². The molecule has 0 bridgehead atoms. The van der Waals surface area contributed by atoms with Gasteiger partial charge >= 0.3 is 0 Å². The van der Waals surface area contributed by atoms with Crippen molar-refractivity contribution in [2.45, 2.75) is 6.92 Å². The van der Waals surface area contributed by atoms with Gasteiger partial charge in [0.05, 0.1) is 6.61 Å². The maximum absolute atomic E-state index is 8.55. The molecule has 0 aliphatic heterocycles. The Morgan fingerprint density at radius 1 is 0.889 bits per heavy atom. The third-order valence-electron chi connectivity index (χ3n) is 2.69. The first-order chi connectivity index (χ1) is 8.47. The number of likely N-dealkylation sites (N-methyl/N-ethyl adjacent to an activating group) is 4.